The quantitative estimate of drug-likeness (QED) is 0.528. The van der Waals surface area contributed by atoms with Crippen molar-refractivity contribution in [2.45, 2.75) is 45.3 Å². The topological polar surface area (TPSA) is 88.1 Å². The van der Waals surface area contributed by atoms with Crippen LogP contribution in [0.15, 0.2) is 63.5 Å². The van der Waals surface area contributed by atoms with E-state index in [2.05, 4.69) is 29.1 Å². The molecule has 0 saturated carbocycles. The number of fused-ring (bicyclic) bond motifs is 1. The molecule has 9 heteroatoms. The van der Waals surface area contributed by atoms with Crippen LogP contribution in [0.25, 0.3) is 5.03 Å². The highest BCUT2D eigenvalue weighted by atomic mass is 35.5. The molecule has 33 heavy (non-hydrogen) atoms. The summed E-state index contributed by atoms with van der Waals surface area (Å²) in [5.41, 5.74) is 1.47. The highest BCUT2D eigenvalue weighted by molar-refractivity contribution is 8.07. The van der Waals surface area contributed by atoms with Gasteiger partial charge in [0.25, 0.3) is 5.56 Å². The van der Waals surface area contributed by atoms with Crippen molar-refractivity contribution >= 4 is 28.4 Å². The Morgan fingerprint density at radius 3 is 2.58 bits per heavy atom. The van der Waals surface area contributed by atoms with Crippen molar-refractivity contribution in [3.63, 3.8) is 0 Å². The van der Waals surface area contributed by atoms with E-state index in [0.717, 1.165) is 10.5 Å². The zero-order valence-corrected chi connectivity index (χ0v) is 20.5. The summed E-state index contributed by atoms with van der Waals surface area (Å²) in [5.74, 6) is 0. The van der Waals surface area contributed by atoms with Gasteiger partial charge in [-0.25, -0.2) is 0 Å². The van der Waals surface area contributed by atoms with Crippen LogP contribution < -0.4 is 27.2 Å². The Hall–Kier alpha value is -2.84. The lowest BCUT2D eigenvalue weighted by Gasteiger charge is -2.29. The van der Waals surface area contributed by atoms with Crippen LogP contribution in [0.4, 0.5) is 0 Å². The second-order valence-corrected chi connectivity index (χ2v) is 10.3. The molecule has 172 valence electrons. The molecule has 2 aromatic heterocycles. The molecule has 0 aliphatic carbocycles. The first-order chi connectivity index (χ1) is 15.8. The number of nitrogens with zero attached hydrogens (tertiary/aromatic N) is 4. The van der Waals surface area contributed by atoms with Gasteiger partial charge < -0.3 is 5.32 Å². The Kier molecular flexibility index (Phi) is 6.76. The Bertz CT molecular complexity index is 1390. The molecule has 0 amide bonds. The van der Waals surface area contributed by atoms with Crippen LogP contribution in [0.5, 0.6) is 0 Å². The third-order valence-electron chi connectivity index (χ3n) is 5.46. The zero-order valence-electron chi connectivity index (χ0n) is 18.9. The number of aromatic nitrogens is 3. The maximum absolute atomic E-state index is 13.6. The van der Waals surface area contributed by atoms with E-state index in [1.54, 1.807) is 17.0 Å². The maximum Gasteiger partial charge on any atom is 0.267 e. The first-order valence-corrected chi connectivity index (χ1v) is 12.0. The van der Waals surface area contributed by atoms with Gasteiger partial charge in [0.1, 0.15) is 10.7 Å². The Morgan fingerprint density at radius 2 is 1.91 bits per heavy atom. The van der Waals surface area contributed by atoms with Gasteiger partial charge in [0.15, 0.2) is 0 Å². The summed E-state index contributed by atoms with van der Waals surface area (Å²) in [6, 6.07) is 11.3. The average Bonchev–Trinajstić information content (AvgIpc) is 2.79. The van der Waals surface area contributed by atoms with Crippen LogP contribution in [0.1, 0.15) is 26.3 Å². The van der Waals surface area contributed by atoms with Gasteiger partial charge in [0.2, 0.25) is 5.62 Å². The van der Waals surface area contributed by atoms with Gasteiger partial charge >= 0.3 is 0 Å². The molecular formula is C24H27ClN6OS. The van der Waals surface area contributed by atoms with E-state index in [4.69, 9.17) is 17.0 Å². The highest BCUT2D eigenvalue weighted by Gasteiger charge is 2.25. The molecule has 1 aliphatic rings. The van der Waals surface area contributed by atoms with Crippen molar-refractivity contribution in [3.8, 4) is 0 Å². The summed E-state index contributed by atoms with van der Waals surface area (Å²) in [4.78, 5) is 23.3. The molecule has 1 aliphatic heterocycles. The lowest BCUT2D eigenvalue weighted by molar-refractivity contribution is 0.265. The van der Waals surface area contributed by atoms with Crippen molar-refractivity contribution in [2.75, 3.05) is 6.54 Å². The van der Waals surface area contributed by atoms with Crippen molar-refractivity contribution < 1.29 is 0 Å². The third kappa shape index (κ3) is 5.07. The second-order valence-electron chi connectivity index (χ2n) is 8.73. The number of pyridine rings is 1. The zero-order chi connectivity index (χ0) is 23.6. The summed E-state index contributed by atoms with van der Waals surface area (Å²) >= 11 is 7.45. The molecule has 1 aromatic carbocycles. The minimum absolute atomic E-state index is 0.0875. The second kappa shape index (κ2) is 9.57. The van der Waals surface area contributed by atoms with Crippen LogP contribution in [0.2, 0.25) is 5.02 Å². The summed E-state index contributed by atoms with van der Waals surface area (Å²) in [7, 11) is 0. The van der Waals surface area contributed by atoms with Crippen LogP contribution >= 0.6 is 23.4 Å². The fourth-order valence-corrected chi connectivity index (χ4v) is 4.81. The van der Waals surface area contributed by atoms with E-state index in [-0.39, 0.29) is 16.5 Å². The van der Waals surface area contributed by atoms with Crippen LogP contribution in [0.3, 0.4) is 0 Å². The molecule has 7 nitrogen and oxygen atoms in total. The minimum atomic E-state index is -0.211. The van der Waals surface area contributed by atoms with Crippen LogP contribution in [-0.2, 0) is 19.6 Å². The Morgan fingerprint density at radius 1 is 1.21 bits per heavy atom. The maximum atomic E-state index is 13.6. The molecule has 0 saturated heterocycles. The molecule has 3 aromatic rings. The molecule has 0 radical (unpaired) electrons. The van der Waals surface area contributed by atoms with E-state index < -0.39 is 0 Å². The van der Waals surface area contributed by atoms with Crippen molar-refractivity contribution in [3.05, 3.63) is 86.1 Å². The predicted molar refractivity (Wildman–Crippen MR) is 131 cm³/mol. The van der Waals surface area contributed by atoms with Crippen molar-refractivity contribution in [1.29, 1.82) is 5.41 Å². The van der Waals surface area contributed by atoms with Gasteiger partial charge in [-0.05, 0) is 36.8 Å². The molecule has 0 fully saturated rings. The Balaban J connectivity index is 1.93. The first-order valence-electron chi connectivity index (χ1n) is 10.8. The summed E-state index contributed by atoms with van der Waals surface area (Å²) in [6.07, 6.45) is 3.43. The fourth-order valence-electron chi connectivity index (χ4n) is 3.76. The van der Waals surface area contributed by atoms with Gasteiger partial charge in [-0.15, -0.1) is 0 Å². The molecule has 4 rings (SSSR count). The largest absolute Gasteiger partial charge is 0.375 e. The summed E-state index contributed by atoms with van der Waals surface area (Å²) in [5, 5.41) is 14.1. The number of thioether (sulfide) groups is 1. The molecule has 0 spiro atoms. The van der Waals surface area contributed by atoms with Crippen LogP contribution in [0, 0.1) is 10.8 Å². The molecule has 3 heterocycles. The average molecular weight is 483 g/mol. The summed E-state index contributed by atoms with van der Waals surface area (Å²) in [6.45, 7) is 8.42. The normalized spacial score (nSPS) is 15.4. The van der Waals surface area contributed by atoms with E-state index in [9.17, 15) is 4.79 Å². The molecule has 2 N–H and O–H groups in total. The van der Waals surface area contributed by atoms with Gasteiger partial charge in [-0.1, -0.05) is 49.3 Å². The summed E-state index contributed by atoms with van der Waals surface area (Å²) < 4.78 is 3.53. The van der Waals surface area contributed by atoms with Crippen LogP contribution in [-0.4, -0.2) is 20.7 Å². The van der Waals surface area contributed by atoms with E-state index in [0.29, 0.717) is 47.1 Å². The molecule has 0 unspecified atom stereocenters. The van der Waals surface area contributed by atoms with Gasteiger partial charge in [0, 0.05) is 53.9 Å². The predicted octanol–water partition coefficient (Wildman–Crippen LogP) is 2.50. The Labute approximate surface area is 201 Å². The minimum Gasteiger partial charge on any atom is -0.375 e. The third-order valence-corrected chi connectivity index (χ3v) is 6.77. The number of hydrogen-bond acceptors (Lipinski definition) is 6. The standard InChI is InChI=1S/C24H27ClN6OS/c1-4-30-22(32)19(20(26)31-15-24(2,3)14-29-23(30)31)21(33-18-9-11-27-12-10-18)28-13-16-5-7-17(25)8-6-16/h5-12,26,28H,4,13-15H2,1-3H3/b21-19-,26-20?. The first kappa shape index (κ1) is 23.3. The van der Waals surface area contributed by atoms with Gasteiger partial charge in [-0.3, -0.25) is 29.3 Å². The fraction of sp³-hybridized carbons (Fsp3) is 0.333. The molecule has 0 bridgehead atoms. The smallest absolute Gasteiger partial charge is 0.267 e. The highest BCUT2D eigenvalue weighted by Crippen LogP contribution is 2.24. The number of hydrogen-bond donors (Lipinski definition) is 2. The van der Waals surface area contributed by atoms with Gasteiger partial charge in [0.05, 0.1) is 5.03 Å². The van der Waals surface area contributed by atoms with E-state index in [1.807, 2.05) is 47.9 Å². The monoisotopic (exact) mass is 482 g/mol. The lowest BCUT2D eigenvalue weighted by atomic mass is 9.93. The van der Waals surface area contributed by atoms with Crippen molar-refractivity contribution in [1.82, 2.24) is 19.4 Å². The van der Waals surface area contributed by atoms with E-state index >= 15 is 0 Å². The van der Waals surface area contributed by atoms with Crippen molar-refractivity contribution in [2.24, 2.45) is 10.4 Å². The molecule has 0 atom stereocenters. The number of nitrogens with one attached hydrogen (secondary N) is 2. The number of halogens is 1. The number of benzene rings is 1. The lowest BCUT2D eigenvalue weighted by Crippen LogP contribution is -2.62. The van der Waals surface area contributed by atoms with E-state index in [1.165, 1.54) is 11.8 Å². The van der Waals surface area contributed by atoms with Gasteiger partial charge in [-0.2, -0.15) is 0 Å². The molecular weight excluding hydrogens is 456 g/mol. The number of rotatable bonds is 6. The SMILES string of the molecule is CCn1c(=O)/c(=C(/NCc2ccc(Cl)cc2)Sc2ccncc2)c(=N)n2c1=NCC(C)(C)C2.